The Morgan fingerprint density at radius 1 is 1.03 bits per heavy atom. The van der Waals surface area contributed by atoms with Crippen LogP contribution in [-0.4, -0.2) is 97.8 Å². The van der Waals surface area contributed by atoms with E-state index >= 15 is 0 Å². The summed E-state index contributed by atoms with van der Waals surface area (Å²) in [5.41, 5.74) is -1.70. The van der Waals surface area contributed by atoms with Gasteiger partial charge >= 0.3 is 6.09 Å². The number of carbonyl (C=O) groups is 3. The lowest BCUT2D eigenvalue weighted by Gasteiger charge is -2.45. The van der Waals surface area contributed by atoms with Gasteiger partial charge in [-0.25, -0.2) is 4.79 Å². The highest BCUT2D eigenvalue weighted by molar-refractivity contribution is 7.85. The molecule has 2 aliphatic rings. The molecule has 10 nitrogen and oxygen atoms in total. The van der Waals surface area contributed by atoms with E-state index in [1.807, 2.05) is 11.8 Å². The number of nitrogens with zero attached hydrogens (tertiary/aromatic N) is 3. The average Bonchev–Trinajstić information content (AvgIpc) is 3.21. The molecule has 0 spiro atoms. The lowest BCUT2D eigenvalue weighted by molar-refractivity contribution is -0.148. The Hall–Kier alpha value is -1.88. The summed E-state index contributed by atoms with van der Waals surface area (Å²) >= 11 is 0. The van der Waals surface area contributed by atoms with Crippen LogP contribution in [0, 0.1) is 10.8 Å². The van der Waals surface area contributed by atoms with Crippen LogP contribution in [0.2, 0.25) is 0 Å². The van der Waals surface area contributed by atoms with Gasteiger partial charge in [0.1, 0.15) is 11.6 Å². The summed E-state index contributed by atoms with van der Waals surface area (Å²) in [4.78, 5) is 45.6. The summed E-state index contributed by atoms with van der Waals surface area (Å²) in [6.45, 7) is 15.3. The van der Waals surface area contributed by atoms with Crippen LogP contribution < -0.4 is 0 Å². The van der Waals surface area contributed by atoms with Crippen LogP contribution in [0.3, 0.4) is 0 Å². The highest BCUT2D eigenvalue weighted by Gasteiger charge is 2.49. The minimum absolute atomic E-state index is 0.0868. The fourth-order valence-electron chi connectivity index (χ4n) is 5.14. The SMILES string of the molecule is CCN(C)C(=O)[C@@H]1C[C@H](N(C(=O)C(C)(C)COS(C)(=O)=O)C2CCC(C)(C)CC2)CN1C(=O)OC(C)(C)C. The summed E-state index contributed by atoms with van der Waals surface area (Å²) in [5, 5.41) is 0. The van der Waals surface area contributed by atoms with Gasteiger partial charge in [0, 0.05) is 26.2 Å². The number of carbonyl (C=O) groups excluding carboxylic acids is 3. The van der Waals surface area contributed by atoms with Gasteiger partial charge in [0.2, 0.25) is 11.8 Å². The van der Waals surface area contributed by atoms with E-state index in [4.69, 9.17) is 8.92 Å². The van der Waals surface area contributed by atoms with E-state index in [0.29, 0.717) is 6.54 Å². The number of hydrogen-bond acceptors (Lipinski definition) is 7. The fraction of sp³-hybridized carbons (Fsp3) is 0.889. The molecule has 2 fully saturated rings. The third kappa shape index (κ3) is 8.56. The van der Waals surface area contributed by atoms with Crippen LogP contribution in [0.1, 0.15) is 87.5 Å². The molecule has 0 bridgehead atoms. The van der Waals surface area contributed by atoms with Crippen molar-refractivity contribution in [1.29, 1.82) is 0 Å². The zero-order valence-corrected chi connectivity index (χ0v) is 25.8. The first-order valence-electron chi connectivity index (χ1n) is 13.6. The van der Waals surface area contributed by atoms with E-state index in [2.05, 4.69) is 13.8 Å². The largest absolute Gasteiger partial charge is 0.444 e. The molecule has 1 aliphatic heterocycles. The van der Waals surface area contributed by atoms with Crippen molar-refractivity contribution < 1.29 is 31.7 Å². The Kier molecular flexibility index (Phi) is 9.95. The molecule has 0 unspecified atom stereocenters. The predicted octanol–water partition coefficient (Wildman–Crippen LogP) is 3.64. The maximum atomic E-state index is 14.1. The number of rotatable bonds is 8. The quantitative estimate of drug-likeness (QED) is 0.417. The van der Waals surface area contributed by atoms with Gasteiger partial charge in [-0.1, -0.05) is 13.8 Å². The fourth-order valence-corrected chi connectivity index (χ4v) is 5.65. The Morgan fingerprint density at radius 3 is 2.05 bits per heavy atom. The molecule has 2 atom stereocenters. The van der Waals surface area contributed by atoms with Gasteiger partial charge in [-0.3, -0.25) is 18.7 Å². The molecule has 1 heterocycles. The highest BCUT2D eigenvalue weighted by atomic mass is 32.2. The first-order valence-corrected chi connectivity index (χ1v) is 15.4. The Bertz CT molecular complexity index is 977. The summed E-state index contributed by atoms with van der Waals surface area (Å²) in [5.74, 6) is -0.436. The van der Waals surface area contributed by atoms with Crippen molar-refractivity contribution in [2.75, 3.05) is 33.0 Å². The molecule has 11 heteroatoms. The molecule has 0 N–H and O–H groups in total. The van der Waals surface area contributed by atoms with Gasteiger partial charge in [-0.2, -0.15) is 8.42 Å². The van der Waals surface area contributed by atoms with E-state index < -0.39 is 39.3 Å². The van der Waals surface area contributed by atoms with Crippen molar-refractivity contribution in [1.82, 2.24) is 14.7 Å². The second kappa shape index (κ2) is 11.7. The molecule has 1 saturated carbocycles. The summed E-state index contributed by atoms with van der Waals surface area (Å²) in [6.07, 6.45) is 4.12. The molecule has 0 aromatic rings. The standard InChI is InChI=1S/C27H49N3O7S/c1-11-28(9)22(31)21-16-20(17-29(21)24(33)37-25(2,3)4)30(19-12-14-26(5,6)15-13-19)23(32)27(7,8)18-36-38(10,34)35/h19-21H,11-18H2,1-10H3/t20-,21-/m0/s1. The first-order chi connectivity index (χ1) is 17.2. The first kappa shape index (κ1) is 32.3. The van der Waals surface area contributed by atoms with Crippen molar-refractivity contribution in [3.63, 3.8) is 0 Å². The lowest BCUT2D eigenvalue weighted by Crippen LogP contribution is -2.55. The van der Waals surface area contributed by atoms with Crippen molar-refractivity contribution in [2.24, 2.45) is 10.8 Å². The van der Waals surface area contributed by atoms with E-state index in [1.54, 1.807) is 46.6 Å². The Labute approximate surface area is 229 Å². The smallest absolute Gasteiger partial charge is 0.411 e. The van der Waals surface area contributed by atoms with Gasteiger partial charge in [-0.05, 0) is 79.1 Å². The van der Waals surface area contributed by atoms with Gasteiger partial charge < -0.3 is 14.5 Å². The zero-order chi connectivity index (χ0) is 29.3. The molecular formula is C27H49N3O7S. The van der Waals surface area contributed by atoms with Crippen LogP contribution in [-0.2, 0) is 28.6 Å². The predicted molar refractivity (Wildman–Crippen MR) is 146 cm³/mol. The zero-order valence-electron chi connectivity index (χ0n) is 25.0. The van der Waals surface area contributed by atoms with E-state index in [0.717, 1.165) is 31.9 Å². The van der Waals surface area contributed by atoms with Gasteiger partial charge in [0.05, 0.1) is 24.3 Å². The van der Waals surface area contributed by atoms with E-state index in [-0.39, 0.29) is 42.8 Å². The van der Waals surface area contributed by atoms with Crippen molar-refractivity contribution in [3.05, 3.63) is 0 Å². The average molecular weight is 560 g/mol. The topological polar surface area (TPSA) is 114 Å². The van der Waals surface area contributed by atoms with Crippen molar-refractivity contribution in [2.45, 2.75) is 111 Å². The van der Waals surface area contributed by atoms with Crippen LogP contribution in [0.5, 0.6) is 0 Å². The number of amides is 3. The third-order valence-electron chi connectivity index (χ3n) is 7.59. The van der Waals surface area contributed by atoms with Crippen LogP contribution in [0.15, 0.2) is 0 Å². The van der Waals surface area contributed by atoms with Crippen molar-refractivity contribution >= 4 is 28.0 Å². The normalized spacial score (nSPS) is 22.7. The molecule has 220 valence electrons. The van der Waals surface area contributed by atoms with Gasteiger partial charge in [0.25, 0.3) is 10.1 Å². The number of ether oxygens (including phenoxy) is 1. The third-order valence-corrected chi connectivity index (χ3v) is 8.13. The minimum Gasteiger partial charge on any atom is -0.444 e. The molecule has 38 heavy (non-hydrogen) atoms. The molecular weight excluding hydrogens is 510 g/mol. The van der Waals surface area contributed by atoms with Crippen LogP contribution in [0.25, 0.3) is 0 Å². The maximum absolute atomic E-state index is 14.1. The summed E-state index contributed by atoms with van der Waals surface area (Å²) in [6, 6.07) is -1.26. The molecule has 2 rings (SSSR count). The monoisotopic (exact) mass is 559 g/mol. The number of likely N-dealkylation sites (tertiary alicyclic amines) is 1. The second-order valence-corrected chi connectivity index (χ2v) is 15.0. The van der Waals surface area contributed by atoms with Crippen molar-refractivity contribution in [3.8, 4) is 0 Å². The van der Waals surface area contributed by atoms with Gasteiger partial charge in [-0.15, -0.1) is 0 Å². The van der Waals surface area contributed by atoms with E-state index in [9.17, 15) is 22.8 Å². The number of likely N-dealkylation sites (N-methyl/N-ethyl adjacent to an activating group) is 1. The molecule has 0 radical (unpaired) electrons. The lowest BCUT2D eigenvalue weighted by atomic mass is 9.74. The Morgan fingerprint density at radius 2 is 1.58 bits per heavy atom. The molecule has 1 saturated heterocycles. The molecule has 3 amide bonds. The van der Waals surface area contributed by atoms with Gasteiger partial charge in [0.15, 0.2) is 0 Å². The maximum Gasteiger partial charge on any atom is 0.411 e. The van der Waals surface area contributed by atoms with Crippen LogP contribution in [0.4, 0.5) is 4.79 Å². The second-order valence-electron chi connectivity index (χ2n) is 13.3. The highest BCUT2D eigenvalue weighted by Crippen LogP contribution is 2.40. The molecule has 0 aromatic heterocycles. The Balaban J connectivity index is 2.45. The molecule has 0 aromatic carbocycles. The summed E-state index contributed by atoms with van der Waals surface area (Å²) in [7, 11) is -2.04. The van der Waals surface area contributed by atoms with E-state index in [1.165, 1.54) is 4.90 Å². The minimum atomic E-state index is -3.74. The summed E-state index contributed by atoms with van der Waals surface area (Å²) < 4.78 is 34.1. The van der Waals surface area contributed by atoms with Crippen LogP contribution >= 0.6 is 0 Å². The number of hydrogen-bond donors (Lipinski definition) is 0. The molecule has 1 aliphatic carbocycles.